The first-order chi connectivity index (χ1) is 14.6. The van der Waals surface area contributed by atoms with Crippen molar-refractivity contribution < 1.29 is 28.6 Å². The predicted molar refractivity (Wildman–Crippen MR) is 110 cm³/mol. The van der Waals surface area contributed by atoms with E-state index in [4.69, 9.17) is 14.2 Å². The maximum Gasteiger partial charge on any atom is 0.309 e. The van der Waals surface area contributed by atoms with Gasteiger partial charge in [-0.25, -0.2) is 0 Å². The Balaban J connectivity index is 1.52. The van der Waals surface area contributed by atoms with Gasteiger partial charge in [0.2, 0.25) is 0 Å². The fourth-order valence-corrected chi connectivity index (χ4v) is 9.14. The van der Waals surface area contributed by atoms with Crippen molar-refractivity contribution >= 4 is 17.7 Å². The molecular formula is C25H32O6. The lowest BCUT2D eigenvalue weighted by Crippen LogP contribution is -2.65. The minimum Gasteiger partial charge on any atom is -0.469 e. The third-order valence-electron chi connectivity index (χ3n) is 10.8. The molecule has 0 bridgehead atoms. The summed E-state index contributed by atoms with van der Waals surface area (Å²) >= 11 is 0. The Morgan fingerprint density at radius 3 is 2.61 bits per heavy atom. The van der Waals surface area contributed by atoms with Gasteiger partial charge in [-0.1, -0.05) is 26.3 Å². The van der Waals surface area contributed by atoms with E-state index in [0.717, 1.165) is 31.3 Å². The highest BCUT2D eigenvalue weighted by Crippen LogP contribution is 2.79. The third kappa shape index (κ3) is 2.03. The number of esters is 2. The van der Waals surface area contributed by atoms with Crippen molar-refractivity contribution in [1.82, 2.24) is 0 Å². The Morgan fingerprint density at radius 2 is 1.94 bits per heavy atom. The molecule has 4 unspecified atom stereocenters. The van der Waals surface area contributed by atoms with Crippen LogP contribution in [-0.4, -0.2) is 42.1 Å². The van der Waals surface area contributed by atoms with Gasteiger partial charge in [0, 0.05) is 29.6 Å². The Labute approximate surface area is 183 Å². The zero-order chi connectivity index (χ0) is 22.0. The minimum absolute atomic E-state index is 0.00193. The quantitative estimate of drug-likeness (QED) is 0.470. The first kappa shape index (κ1) is 20.0. The monoisotopic (exact) mass is 428 g/mol. The maximum atomic E-state index is 13.1. The van der Waals surface area contributed by atoms with E-state index in [-0.39, 0.29) is 58.3 Å². The summed E-state index contributed by atoms with van der Waals surface area (Å²) in [6.45, 7) is 6.79. The lowest BCUT2D eigenvalue weighted by Gasteiger charge is -2.60. The number of carbonyl (C=O) groups is 3. The largest absolute Gasteiger partial charge is 0.469 e. The molecule has 0 aromatic carbocycles. The molecule has 3 saturated carbocycles. The zero-order valence-electron chi connectivity index (χ0n) is 18.9. The van der Waals surface area contributed by atoms with Crippen LogP contribution in [-0.2, 0) is 28.6 Å². The van der Waals surface area contributed by atoms with Crippen molar-refractivity contribution in [2.75, 3.05) is 7.11 Å². The van der Waals surface area contributed by atoms with Crippen LogP contribution >= 0.6 is 0 Å². The summed E-state index contributed by atoms with van der Waals surface area (Å²) in [7, 11) is 1.45. The van der Waals surface area contributed by atoms with E-state index >= 15 is 0 Å². The second kappa shape index (κ2) is 5.81. The first-order valence-corrected chi connectivity index (χ1v) is 11.9. The summed E-state index contributed by atoms with van der Waals surface area (Å²) in [6, 6.07) is 0. The second-order valence-electron chi connectivity index (χ2n) is 11.3. The normalized spacial score (nSPS) is 54.3. The molecule has 31 heavy (non-hydrogen) atoms. The first-order valence-electron chi connectivity index (χ1n) is 11.9. The summed E-state index contributed by atoms with van der Waals surface area (Å²) < 4.78 is 18.1. The highest BCUT2D eigenvalue weighted by Gasteiger charge is 2.85. The molecule has 0 aromatic rings. The van der Waals surface area contributed by atoms with Gasteiger partial charge in [0.1, 0.15) is 11.2 Å². The fraction of sp³-hybridized carbons (Fsp3) is 0.800. The van der Waals surface area contributed by atoms with Crippen molar-refractivity contribution in [1.29, 1.82) is 0 Å². The molecule has 4 aliphatic carbocycles. The number of epoxide rings is 1. The number of ether oxygens (including phenoxy) is 3. The van der Waals surface area contributed by atoms with Crippen LogP contribution in [0.5, 0.6) is 0 Å². The van der Waals surface area contributed by atoms with Gasteiger partial charge in [0.25, 0.3) is 0 Å². The third-order valence-corrected chi connectivity index (χ3v) is 10.8. The Hall–Kier alpha value is -1.69. The van der Waals surface area contributed by atoms with Crippen molar-refractivity contribution in [3.63, 3.8) is 0 Å². The SMILES string of the molecule is COC(=O)C1CC2=CC(=O)CC[C@]2(C)[C@@]23O[C@@H]2C(C)[C@@]2(C)C(CC[C@@]24CCC(=O)O4)C13. The second-order valence-corrected chi connectivity index (χ2v) is 11.3. The Bertz CT molecular complexity index is 938. The number of fused-ring (bicyclic) bond motifs is 4. The van der Waals surface area contributed by atoms with Crippen LogP contribution in [0.1, 0.15) is 65.7 Å². The molecule has 0 aromatic heterocycles. The highest BCUT2D eigenvalue weighted by molar-refractivity contribution is 5.92. The summed E-state index contributed by atoms with van der Waals surface area (Å²) in [4.78, 5) is 37.6. The van der Waals surface area contributed by atoms with E-state index in [0.29, 0.717) is 19.3 Å². The molecule has 168 valence electrons. The molecule has 6 aliphatic rings. The minimum atomic E-state index is -0.452. The Kier molecular flexibility index (Phi) is 3.74. The van der Waals surface area contributed by atoms with Crippen LogP contribution in [0, 0.1) is 34.5 Å². The lowest BCUT2D eigenvalue weighted by molar-refractivity contribution is -0.180. The molecule has 5 fully saturated rings. The van der Waals surface area contributed by atoms with Gasteiger partial charge in [-0.2, -0.15) is 0 Å². The lowest BCUT2D eigenvalue weighted by atomic mass is 9.41. The predicted octanol–water partition coefficient (Wildman–Crippen LogP) is 3.37. The summed E-state index contributed by atoms with van der Waals surface area (Å²) in [6.07, 6.45) is 6.68. The molecule has 6 rings (SSSR count). The standard InChI is InChI=1S/C25H32O6/c1-13-20-25(31-20)19(17-6-9-24(23(13,17)3)10-7-18(27)30-24)16(21(28)29-4)12-14-11-15(26)5-8-22(14,25)2/h11,13,16-17,19-20H,5-10,12H2,1-4H3/t13?,16?,17?,19?,20-,22+,23+,24-,25+/m1/s1. The van der Waals surface area contributed by atoms with E-state index in [1.54, 1.807) is 6.08 Å². The van der Waals surface area contributed by atoms with Crippen LogP contribution in [0.2, 0.25) is 0 Å². The van der Waals surface area contributed by atoms with Gasteiger partial charge in [-0.05, 0) is 50.0 Å². The van der Waals surface area contributed by atoms with E-state index in [9.17, 15) is 14.4 Å². The molecular weight excluding hydrogens is 396 g/mol. The molecule has 6 heteroatoms. The fourth-order valence-electron chi connectivity index (χ4n) is 9.14. The van der Waals surface area contributed by atoms with Gasteiger partial charge >= 0.3 is 11.9 Å². The van der Waals surface area contributed by atoms with Crippen molar-refractivity contribution in [2.45, 2.75) is 83.0 Å². The molecule has 2 heterocycles. The van der Waals surface area contributed by atoms with Gasteiger partial charge in [0.05, 0.1) is 19.1 Å². The van der Waals surface area contributed by atoms with Crippen molar-refractivity contribution in [3.8, 4) is 0 Å². The van der Waals surface area contributed by atoms with Crippen molar-refractivity contribution in [3.05, 3.63) is 11.6 Å². The van der Waals surface area contributed by atoms with E-state index in [2.05, 4.69) is 20.8 Å². The van der Waals surface area contributed by atoms with E-state index in [1.165, 1.54) is 7.11 Å². The molecule has 2 spiro atoms. The van der Waals surface area contributed by atoms with E-state index < -0.39 is 11.2 Å². The van der Waals surface area contributed by atoms with Gasteiger partial charge in [-0.3, -0.25) is 14.4 Å². The van der Waals surface area contributed by atoms with Crippen LogP contribution in [0.3, 0.4) is 0 Å². The Morgan fingerprint density at radius 1 is 1.16 bits per heavy atom. The molecule has 6 nitrogen and oxygen atoms in total. The highest BCUT2D eigenvalue weighted by atomic mass is 16.6. The van der Waals surface area contributed by atoms with Gasteiger partial charge in [0.15, 0.2) is 5.78 Å². The van der Waals surface area contributed by atoms with Gasteiger partial charge < -0.3 is 14.2 Å². The zero-order valence-corrected chi connectivity index (χ0v) is 18.9. The maximum absolute atomic E-state index is 13.1. The summed E-state index contributed by atoms with van der Waals surface area (Å²) in [5.41, 5.74) is -0.295. The number of rotatable bonds is 1. The van der Waals surface area contributed by atoms with Gasteiger partial charge in [-0.15, -0.1) is 0 Å². The van der Waals surface area contributed by atoms with Crippen molar-refractivity contribution in [2.24, 2.45) is 34.5 Å². The topological polar surface area (TPSA) is 82.2 Å². The van der Waals surface area contributed by atoms with Crippen LogP contribution in [0.25, 0.3) is 0 Å². The number of hydrogen-bond acceptors (Lipinski definition) is 6. The molecule has 0 N–H and O–H groups in total. The van der Waals surface area contributed by atoms with Crippen LogP contribution in [0.4, 0.5) is 0 Å². The van der Waals surface area contributed by atoms with E-state index in [1.807, 2.05) is 0 Å². The number of methoxy groups -OCH3 is 1. The molecule has 2 saturated heterocycles. The number of carbonyl (C=O) groups excluding carboxylic acids is 3. The number of hydrogen-bond donors (Lipinski definition) is 0. The molecule has 2 aliphatic heterocycles. The smallest absolute Gasteiger partial charge is 0.309 e. The van der Waals surface area contributed by atoms with Crippen LogP contribution in [0.15, 0.2) is 11.6 Å². The van der Waals surface area contributed by atoms with Crippen LogP contribution < -0.4 is 0 Å². The number of ketones is 1. The summed E-state index contributed by atoms with van der Waals surface area (Å²) in [5.74, 6) is -0.0554. The molecule has 0 radical (unpaired) electrons. The average molecular weight is 429 g/mol. The summed E-state index contributed by atoms with van der Waals surface area (Å²) in [5, 5.41) is 0. The average Bonchev–Trinajstić information content (AvgIpc) is 3.28. The molecule has 9 atom stereocenters. The molecule has 0 amide bonds.